The van der Waals surface area contributed by atoms with Gasteiger partial charge in [-0.05, 0) is 51.2 Å². The number of halogens is 2. The molecule has 4 N–H and O–H groups in total. The van der Waals surface area contributed by atoms with Crippen molar-refractivity contribution < 1.29 is 9.59 Å². The third kappa shape index (κ3) is 10.0. The van der Waals surface area contributed by atoms with E-state index >= 15 is 0 Å². The molecule has 1 aliphatic rings. The summed E-state index contributed by atoms with van der Waals surface area (Å²) >= 11 is 0. The van der Waals surface area contributed by atoms with Crippen LogP contribution in [0.4, 0.5) is 0 Å². The van der Waals surface area contributed by atoms with Gasteiger partial charge in [-0.1, -0.05) is 13.8 Å². The number of nitrogens with two attached hydrogens (primary N) is 1. The molecule has 0 aromatic carbocycles. The highest BCUT2D eigenvalue weighted by atomic mass is 35.5. The number of hydrogen-bond donors (Lipinski definition) is 3. The number of nitrogens with zero attached hydrogens (tertiary/aromatic N) is 1. The van der Waals surface area contributed by atoms with Gasteiger partial charge in [0.1, 0.15) is 0 Å². The Hall–Kier alpha value is -0.560. The molecule has 0 aliphatic carbocycles. The van der Waals surface area contributed by atoms with Gasteiger partial charge in [0.25, 0.3) is 0 Å². The Labute approximate surface area is 152 Å². The Morgan fingerprint density at radius 1 is 1.17 bits per heavy atom. The molecule has 138 valence electrons. The molecule has 23 heavy (non-hydrogen) atoms. The van der Waals surface area contributed by atoms with Crippen molar-refractivity contribution >= 4 is 36.6 Å². The molecule has 1 atom stereocenters. The van der Waals surface area contributed by atoms with Crippen molar-refractivity contribution in [2.24, 2.45) is 17.6 Å². The number of amides is 2. The van der Waals surface area contributed by atoms with Crippen molar-refractivity contribution in [1.29, 1.82) is 0 Å². The quantitative estimate of drug-likeness (QED) is 0.617. The summed E-state index contributed by atoms with van der Waals surface area (Å²) in [5, 5.41) is 5.43. The van der Waals surface area contributed by atoms with Gasteiger partial charge in [0, 0.05) is 6.54 Å². The van der Waals surface area contributed by atoms with Crippen molar-refractivity contribution in [3.05, 3.63) is 0 Å². The molecule has 0 saturated carbocycles. The van der Waals surface area contributed by atoms with Gasteiger partial charge in [-0.15, -0.1) is 24.8 Å². The summed E-state index contributed by atoms with van der Waals surface area (Å²) in [4.78, 5) is 25.6. The number of carbonyl (C=O) groups is 2. The van der Waals surface area contributed by atoms with E-state index < -0.39 is 6.04 Å². The lowest BCUT2D eigenvalue weighted by Gasteiger charge is -2.28. The van der Waals surface area contributed by atoms with E-state index in [1.54, 1.807) is 0 Å². The van der Waals surface area contributed by atoms with E-state index in [0.29, 0.717) is 12.5 Å². The molecule has 1 fully saturated rings. The Morgan fingerprint density at radius 3 is 2.26 bits per heavy atom. The molecule has 0 aromatic rings. The summed E-state index contributed by atoms with van der Waals surface area (Å²) < 4.78 is 0. The van der Waals surface area contributed by atoms with Gasteiger partial charge in [0.05, 0.1) is 12.6 Å². The van der Waals surface area contributed by atoms with Crippen molar-refractivity contribution in [3.8, 4) is 0 Å². The largest absolute Gasteiger partial charge is 0.355 e. The van der Waals surface area contributed by atoms with Crippen LogP contribution in [0.25, 0.3) is 0 Å². The maximum atomic E-state index is 11.7. The molecule has 0 aromatic heterocycles. The first-order chi connectivity index (χ1) is 9.90. The SMILES string of the molecule is CC(C)[C@H](N)C(=O)NCC(=O)NCCC1CCN(C)CC1.Cl.Cl. The van der Waals surface area contributed by atoms with E-state index in [0.717, 1.165) is 19.5 Å². The molecule has 8 heteroatoms. The smallest absolute Gasteiger partial charge is 0.239 e. The minimum atomic E-state index is -0.558. The summed E-state index contributed by atoms with van der Waals surface area (Å²) in [5.41, 5.74) is 5.71. The molecule has 0 bridgehead atoms. The first-order valence-corrected chi connectivity index (χ1v) is 7.88. The van der Waals surface area contributed by atoms with E-state index in [2.05, 4.69) is 22.6 Å². The molecule has 1 rings (SSSR count). The van der Waals surface area contributed by atoms with E-state index in [9.17, 15) is 9.59 Å². The Balaban J connectivity index is 0. The highest BCUT2D eigenvalue weighted by molar-refractivity contribution is 5.87. The van der Waals surface area contributed by atoms with Crippen molar-refractivity contribution in [1.82, 2.24) is 15.5 Å². The zero-order chi connectivity index (χ0) is 15.8. The molecular formula is C15H32Cl2N4O2. The van der Waals surface area contributed by atoms with Crippen LogP contribution in [-0.2, 0) is 9.59 Å². The lowest BCUT2D eigenvalue weighted by Crippen LogP contribution is -2.47. The number of hydrogen-bond acceptors (Lipinski definition) is 4. The zero-order valence-electron chi connectivity index (χ0n) is 14.3. The van der Waals surface area contributed by atoms with Gasteiger partial charge in [-0.25, -0.2) is 0 Å². The fourth-order valence-electron chi connectivity index (χ4n) is 2.42. The fourth-order valence-corrected chi connectivity index (χ4v) is 2.42. The highest BCUT2D eigenvalue weighted by Crippen LogP contribution is 2.18. The van der Waals surface area contributed by atoms with Crippen LogP contribution in [0.15, 0.2) is 0 Å². The van der Waals surface area contributed by atoms with Crippen molar-refractivity contribution in [2.45, 2.75) is 39.2 Å². The number of carbonyl (C=O) groups excluding carboxylic acids is 2. The summed E-state index contributed by atoms with van der Waals surface area (Å²) in [5.74, 6) is 0.352. The first-order valence-electron chi connectivity index (χ1n) is 7.88. The lowest BCUT2D eigenvalue weighted by molar-refractivity contribution is -0.127. The fraction of sp³-hybridized carbons (Fsp3) is 0.867. The van der Waals surface area contributed by atoms with Gasteiger partial charge >= 0.3 is 0 Å². The van der Waals surface area contributed by atoms with Gasteiger partial charge < -0.3 is 21.3 Å². The lowest BCUT2D eigenvalue weighted by atomic mass is 9.94. The normalized spacial score (nSPS) is 16.9. The molecule has 2 amide bonds. The van der Waals surface area contributed by atoms with Gasteiger partial charge in [0.2, 0.25) is 11.8 Å². The van der Waals surface area contributed by atoms with Gasteiger partial charge in [0.15, 0.2) is 0 Å². The summed E-state index contributed by atoms with van der Waals surface area (Å²) in [7, 11) is 2.14. The third-order valence-electron chi connectivity index (χ3n) is 4.16. The monoisotopic (exact) mass is 370 g/mol. The van der Waals surface area contributed by atoms with Gasteiger partial charge in [-0.2, -0.15) is 0 Å². The van der Waals surface area contributed by atoms with Crippen LogP contribution in [-0.4, -0.2) is 56.0 Å². The predicted molar refractivity (Wildman–Crippen MR) is 98.2 cm³/mol. The standard InChI is InChI=1S/C15H30N4O2.2ClH/c1-11(2)14(16)15(21)18-10-13(20)17-7-4-12-5-8-19(3)9-6-12;;/h11-12,14H,4-10,16H2,1-3H3,(H,17,20)(H,18,21);2*1H/t14-;;/m0../s1. The third-order valence-corrected chi connectivity index (χ3v) is 4.16. The maximum Gasteiger partial charge on any atom is 0.239 e. The average Bonchev–Trinajstić information content (AvgIpc) is 2.46. The molecule has 1 aliphatic heterocycles. The highest BCUT2D eigenvalue weighted by Gasteiger charge is 2.18. The first kappa shape index (κ1) is 24.7. The summed E-state index contributed by atoms with van der Waals surface area (Å²) in [6.45, 7) is 6.73. The molecule has 0 radical (unpaired) electrons. The number of piperidine rings is 1. The number of likely N-dealkylation sites (tertiary alicyclic amines) is 1. The molecule has 0 spiro atoms. The summed E-state index contributed by atoms with van der Waals surface area (Å²) in [6, 6.07) is -0.558. The zero-order valence-corrected chi connectivity index (χ0v) is 16.0. The molecule has 0 unspecified atom stereocenters. The number of nitrogens with one attached hydrogen (secondary N) is 2. The molecule has 6 nitrogen and oxygen atoms in total. The van der Waals surface area contributed by atoms with Crippen LogP contribution >= 0.6 is 24.8 Å². The van der Waals surface area contributed by atoms with Crippen LogP contribution in [0.3, 0.4) is 0 Å². The van der Waals surface area contributed by atoms with Crippen LogP contribution in [0, 0.1) is 11.8 Å². The second kappa shape index (κ2) is 12.8. The van der Waals surface area contributed by atoms with Crippen LogP contribution in [0.2, 0.25) is 0 Å². The molecule has 1 heterocycles. The minimum absolute atomic E-state index is 0. The van der Waals surface area contributed by atoms with E-state index in [1.165, 1.54) is 12.8 Å². The van der Waals surface area contributed by atoms with E-state index in [1.807, 2.05) is 13.8 Å². The maximum absolute atomic E-state index is 11.7. The number of rotatable bonds is 7. The minimum Gasteiger partial charge on any atom is -0.355 e. The Bertz CT molecular complexity index is 348. The Morgan fingerprint density at radius 2 is 1.74 bits per heavy atom. The Kier molecular flexibility index (Phi) is 13.8. The van der Waals surface area contributed by atoms with Crippen LogP contribution in [0.1, 0.15) is 33.1 Å². The van der Waals surface area contributed by atoms with E-state index in [4.69, 9.17) is 5.73 Å². The average molecular weight is 371 g/mol. The second-order valence-corrected chi connectivity index (χ2v) is 6.37. The van der Waals surface area contributed by atoms with Crippen molar-refractivity contribution in [2.75, 3.05) is 33.2 Å². The van der Waals surface area contributed by atoms with Crippen LogP contribution < -0.4 is 16.4 Å². The van der Waals surface area contributed by atoms with E-state index in [-0.39, 0.29) is 49.1 Å². The summed E-state index contributed by atoms with van der Waals surface area (Å²) in [6.07, 6.45) is 3.41. The second-order valence-electron chi connectivity index (χ2n) is 6.37. The topological polar surface area (TPSA) is 87.5 Å². The van der Waals surface area contributed by atoms with Crippen LogP contribution in [0.5, 0.6) is 0 Å². The van der Waals surface area contributed by atoms with Crippen molar-refractivity contribution in [3.63, 3.8) is 0 Å². The van der Waals surface area contributed by atoms with Gasteiger partial charge in [-0.3, -0.25) is 9.59 Å². The molecular weight excluding hydrogens is 339 g/mol. The predicted octanol–water partition coefficient (Wildman–Crippen LogP) is 0.778. The molecule has 1 saturated heterocycles.